The SMILES string of the molecule is CC(C)CC(=O)NC(CCCNC(N)=O)N=O. The van der Waals surface area contributed by atoms with Crippen LogP contribution in [-0.4, -0.2) is 24.6 Å². The molecule has 98 valence electrons. The second-order valence-corrected chi connectivity index (χ2v) is 4.22. The van der Waals surface area contributed by atoms with Crippen LogP contribution in [0.2, 0.25) is 0 Å². The van der Waals surface area contributed by atoms with E-state index in [0.717, 1.165) is 0 Å². The number of carbonyl (C=O) groups is 2. The van der Waals surface area contributed by atoms with Crippen LogP contribution in [0.25, 0.3) is 0 Å². The summed E-state index contributed by atoms with van der Waals surface area (Å²) < 4.78 is 0. The lowest BCUT2D eigenvalue weighted by molar-refractivity contribution is -0.122. The van der Waals surface area contributed by atoms with Gasteiger partial charge in [0.05, 0.1) is 0 Å². The van der Waals surface area contributed by atoms with Crippen LogP contribution in [0.3, 0.4) is 0 Å². The molecule has 0 aromatic rings. The molecular weight excluding hydrogens is 224 g/mol. The van der Waals surface area contributed by atoms with Gasteiger partial charge in [-0.3, -0.25) is 4.79 Å². The Morgan fingerprint density at radius 3 is 2.47 bits per heavy atom. The summed E-state index contributed by atoms with van der Waals surface area (Å²) in [6, 6.07) is -0.607. The van der Waals surface area contributed by atoms with Crippen molar-refractivity contribution in [2.24, 2.45) is 16.8 Å². The van der Waals surface area contributed by atoms with Gasteiger partial charge in [-0.25, -0.2) is 4.79 Å². The molecule has 0 rings (SSSR count). The number of nitrogens with zero attached hydrogens (tertiary/aromatic N) is 1. The van der Waals surface area contributed by atoms with Crippen molar-refractivity contribution >= 4 is 11.9 Å². The molecule has 0 saturated heterocycles. The van der Waals surface area contributed by atoms with E-state index in [-0.39, 0.29) is 11.8 Å². The average Bonchev–Trinajstić information content (AvgIpc) is 2.21. The highest BCUT2D eigenvalue weighted by Crippen LogP contribution is 2.02. The van der Waals surface area contributed by atoms with Crippen LogP contribution in [0.4, 0.5) is 4.79 Å². The second-order valence-electron chi connectivity index (χ2n) is 4.22. The number of rotatable bonds is 8. The molecule has 0 aliphatic rings. The number of hydrogen-bond acceptors (Lipinski definition) is 4. The van der Waals surface area contributed by atoms with Crippen LogP contribution < -0.4 is 16.4 Å². The minimum atomic E-state index is -0.740. The lowest BCUT2D eigenvalue weighted by Crippen LogP contribution is -2.35. The van der Waals surface area contributed by atoms with Crippen LogP contribution >= 0.6 is 0 Å². The molecule has 4 N–H and O–H groups in total. The smallest absolute Gasteiger partial charge is 0.312 e. The maximum atomic E-state index is 11.4. The number of hydrogen-bond donors (Lipinski definition) is 3. The first-order valence-electron chi connectivity index (χ1n) is 5.60. The van der Waals surface area contributed by atoms with Crippen molar-refractivity contribution in [1.29, 1.82) is 0 Å². The Bertz CT molecular complexity index is 268. The highest BCUT2D eigenvalue weighted by Gasteiger charge is 2.13. The Morgan fingerprint density at radius 1 is 1.35 bits per heavy atom. The lowest BCUT2D eigenvalue weighted by Gasteiger charge is -2.12. The fraction of sp³-hybridized carbons (Fsp3) is 0.800. The van der Waals surface area contributed by atoms with Gasteiger partial charge in [-0.15, -0.1) is 4.91 Å². The molecule has 0 spiro atoms. The van der Waals surface area contributed by atoms with Gasteiger partial charge < -0.3 is 16.4 Å². The zero-order valence-electron chi connectivity index (χ0n) is 10.2. The molecule has 1 unspecified atom stereocenters. The fourth-order valence-electron chi connectivity index (χ4n) is 1.27. The predicted octanol–water partition coefficient (Wildman–Crippen LogP) is 0.690. The number of nitrogens with two attached hydrogens (primary N) is 1. The topological polar surface area (TPSA) is 114 Å². The molecule has 0 saturated carbocycles. The Morgan fingerprint density at radius 2 is 2.00 bits per heavy atom. The van der Waals surface area contributed by atoms with Gasteiger partial charge in [0, 0.05) is 13.0 Å². The van der Waals surface area contributed by atoms with Crippen molar-refractivity contribution in [3.8, 4) is 0 Å². The minimum Gasteiger partial charge on any atom is -0.352 e. The van der Waals surface area contributed by atoms with E-state index >= 15 is 0 Å². The molecule has 7 heteroatoms. The third-order valence-corrected chi connectivity index (χ3v) is 2.00. The Balaban J connectivity index is 3.79. The molecule has 1 atom stereocenters. The Labute approximate surface area is 100 Å². The van der Waals surface area contributed by atoms with Crippen LogP contribution in [0.15, 0.2) is 5.18 Å². The van der Waals surface area contributed by atoms with Crippen molar-refractivity contribution in [2.45, 2.75) is 39.3 Å². The molecule has 17 heavy (non-hydrogen) atoms. The van der Waals surface area contributed by atoms with E-state index in [2.05, 4.69) is 15.8 Å². The summed E-state index contributed by atoms with van der Waals surface area (Å²) in [6.45, 7) is 4.20. The van der Waals surface area contributed by atoms with E-state index in [0.29, 0.717) is 25.8 Å². The van der Waals surface area contributed by atoms with Crippen molar-refractivity contribution in [1.82, 2.24) is 10.6 Å². The summed E-state index contributed by atoms with van der Waals surface area (Å²) in [7, 11) is 0. The summed E-state index contributed by atoms with van der Waals surface area (Å²) in [5.41, 5.74) is 4.87. The fourth-order valence-corrected chi connectivity index (χ4v) is 1.27. The lowest BCUT2D eigenvalue weighted by atomic mass is 10.1. The van der Waals surface area contributed by atoms with Gasteiger partial charge >= 0.3 is 6.03 Å². The highest BCUT2D eigenvalue weighted by atomic mass is 16.3. The van der Waals surface area contributed by atoms with E-state index in [9.17, 15) is 14.5 Å². The first-order chi connectivity index (χ1) is 7.95. The summed E-state index contributed by atoms with van der Waals surface area (Å²) in [6.07, 6.45) is 0.538. The molecule has 0 aromatic heterocycles. The maximum absolute atomic E-state index is 11.4. The van der Waals surface area contributed by atoms with Crippen molar-refractivity contribution in [3.05, 3.63) is 4.91 Å². The van der Waals surface area contributed by atoms with Crippen LogP contribution in [0.1, 0.15) is 33.1 Å². The van der Waals surface area contributed by atoms with E-state index in [1.165, 1.54) is 0 Å². The van der Waals surface area contributed by atoms with Crippen LogP contribution in [-0.2, 0) is 4.79 Å². The molecule has 0 aliphatic carbocycles. The van der Waals surface area contributed by atoms with E-state index in [1.54, 1.807) is 0 Å². The number of amides is 3. The molecule has 0 heterocycles. The number of nitrogens with one attached hydrogen (secondary N) is 2. The molecule has 0 radical (unpaired) electrons. The van der Waals surface area contributed by atoms with Crippen LogP contribution in [0, 0.1) is 10.8 Å². The van der Waals surface area contributed by atoms with Gasteiger partial charge in [0.2, 0.25) is 5.91 Å². The Hall–Kier alpha value is -1.66. The number of carbonyl (C=O) groups excluding carboxylic acids is 2. The molecule has 0 aliphatic heterocycles. The summed E-state index contributed by atoms with van der Waals surface area (Å²) >= 11 is 0. The van der Waals surface area contributed by atoms with Gasteiger partial charge in [0.25, 0.3) is 0 Å². The third-order valence-electron chi connectivity index (χ3n) is 2.00. The monoisotopic (exact) mass is 244 g/mol. The van der Waals surface area contributed by atoms with E-state index in [4.69, 9.17) is 5.73 Å². The van der Waals surface area contributed by atoms with Crippen molar-refractivity contribution in [2.75, 3.05) is 6.54 Å². The third kappa shape index (κ3) is 9.28. The average molecular weight is 244 g/mol. The summed E-state index contributed by atoms with van der Waals surface area (Å²) in [4.78, 5) is 32.2. The molecular formula is C10H20N4O3. The molecule has 0 fully saturated rings. The highest BCUT2D eigenvalue weighted by molar-refractivity contribution is 5.76. The first kappa shape index (κ1) is 15.3. The minimum absolute atomic E-state index is 0.188. The standard InChI is InChI=1S/C10H20N4O3/c1-7(2)6-9(15)13-8(14-17)4-3-5-12-10(11)16/h7-8H,3-6H2,1-2H3,(H,13,15)(H3,11,12,16). The van der Waals surface area contributed by atoms with E-state index in [1.807, 2.05) is 13.8 Å². The normalized spacial score (nSPS) is 11.9. The van der Waals surface area contributed by atoms with Gasteiger partial charge in [-0.2, -0.15) is 0 Å². The summed E-state index contributed by atoms with van der Waals surface area (Å²) in [5.74, 6) is 0.0475. The molecule has 3 amide bonds. The molecule has 0 aromatic carbocycles. The number of urea groups is 1. The molecule has 7 nitrogen and oxygen atoms in total. The van der Waals surface area contributed by atoms with Gasteiger partial charge in [-0.1, -0.05) is 13.8 Å². The zero-order valence-corrected chi connectivity index (χ0v) is 10.2. The predicted molar refractivity (Wildman–Crippen MR) is 64.0 cm³/mol. The van der Waals surface area contributed by atoms with Gasteiger partial charge in [0.1, 0.15) is 0 Å². The second kappa shape index (κ2) is 8.49. The number of primary amides is 1. The van der Waals surface area contributed by atoms with Crippen molar-refractivity contribution < 1.29 is 9.59 Å². The quantitative estimate of drug-likeness (QED) is 0.431. The van der Waals surface area contributed by atoms with Crippen molar-refractivity contribution in [3.63, 3.8) is 0 Å². The first-order valence-corrected chi connectivity index (χ1v) is 5.60. The van der Waals surface area contributed by atoms with Crippen LogP contribution in [0.5, 0.6) is 0 Å². The maximum Gasteiger partial charge on any atom is 0.312 e. The van der Waals surface area contributed by atoms with E-state index < -0.39 is 12.2 Å². The van der Waals surface area contributed by atoms with Gasteiger partial charge in [-0.05, 0) is 23.9 Å². The zero-order chi connectivity index (χ0) is 13.3. The molecule has 0 bridgehead atoms. The van der Waals surface area contributed by atoms with Gasteiger partial charge in [0.15, 0.2) is 6.17 Å². The largest absolute Gasteiger partial charge is 0.352 e. The number of nitroso groups, excluding NO2 is 1. The summed E-state index contributed by atoms with van der Waals surface area (Å²) in [5, 5.41) is 7.74. The Kier molecular flexibility index (Phi) is 7.66.